The summed E-state index contributed by atoms with van der Waals surface area (Å²) in [4.78, 5) is 23.3. The topological polar surface area (TPSA) is 76.7 Å². The molecular formula is C18H38N3O4+. The molecule has 0 spiro atoms. The van der Waals surface area contributed by atoms with E-state index in [2.05, 4.69) is 31.4 Å². The van der Waals surface area contributed by atoms with Gasteiger partial charge in [0.05, 0.1) is 27.3 Å². The summed E-state index contributed by atoms with van der Waals surface area (Å²) in [5.74, 6) is -0.761. The fourth-order valence-corrected chi connectivity index (χ4v) is 2.36. The third-order valence-electron chi connectivity index (χ3n) is 4.12. The Morgan fingerprint density at radius 3 is 1.92 bits per heavy atom. The molecule has 0 aliphatic heterocycles. The lowest BCUT2D eigenvalue weighted by Gasteiger charge is -2.41. The van der Waals surface area contributed by atoms with Gasteiger partial charge in [-0.1, -0.05) is 20.8 Å². The van der Waals surface area contributed by atoms with Gasteiger partial charge >= 0.3 is 0 Å². The minimum atomic E-state index is -0.738. The number of hydrogen-bond donors (Lipinski definition) is 2. The van der Waals surface area contributed by atoms with Crippen molar-refractivity contribution in [3.63, 3.8) is 0 Å². The van der Waals surface area contributed by atoms with Crippen molar-refractivity contribution in [2.24, 2.45) is 5.41 Å². The second-order valence-electron chi connectivity index (χ2n) is 8.30. The molecule has 0 aliphatic rings. The number of Topliss-reactive ketones (excluding diaryl/α,β-unsaturated/α-hetero) is 1. The molecule has 0 radical (unpaired) electrons. The van der Waals surface area contributed by atoms with Gasteiger partial charge in [0.25, 0.3) is 5.91 Å². The molecule has 0 saturated heterocycles. The van der Waals surface area contributed by atoms with Crippen molar-refractivity contribution >= 4 is 11.7 Å². The Morgan fingerprint density at radius 1 is 0.960 bits per heavy atom. The van der Waals surface area contributed by atoms with Crippen molar-refractivity contribution in [1.29, 1.82) is 0 Å². The maximum atomic E-state index is 12.0. The molecule has 1 atom stereocenters. The van der Waals surface area contributed by atoms with Crippen LogP contribution in [0.15, 0.2) is 0 Å². The zero-order valence-electron chi connectivity index (χ0n) is 17.3. The van der Waals surface area contributed by atoms with Gasteiger partial charge in [-0.15, -0.1) is 0 Å². The molecule has 25 heavy (non-hydrogen) atoms. The predicted molar refractivity (Wildman–Crippen MR) is 99.2 cm³/mol. The average Bonchev–Trinajstić information content (AvgIpc) is 2.40. The summed E-state index contributed by atoms with van der Waals surface area (Å²) in [7, 11) is 5.60. The first kappa shape index (κ1) is 24.0. The average molecular weight is 361 g/mol. The number of quaternary nitrogens is 1. The predicted octanol–water partition coefficient (Wildman–Crippen LogP) is 0.783. The van der Waals surface area contributed by atoms with E-state index >= 15 is 0 Å². The molecule has 2 N–H and O–H groups in total. The van der Waals surface area contributed by atoms with Crippen molar-refractivity contribution in [1.82, 2.24) is 10.6 Å². The van der Waals surface area contributed by atoms with Crippen LogP contribution in [0.1, 0.15) is 34.6 Å². The maximum absolute atomic E-state index is 12.0. The number of carbonyl (C=O) groups is 2. The van der Waals surface area contributed by atoms with E-state index in [4.69, 9.17) is 9.47 Å². The minimum absolute atomic E-state index is 0.0702. The normalized spacial score (nSPS) is 14.9. The van der Waals surface area contributed by atoms with Gasteiger partial charge < -0.3 is 24.6 Å². The Labute approximate surface area is 153 Å². The molecule has 0 saturated carbocycles. The minimum Gasteiger partial charge on any atom is -0.349 e. The maximum Gasteiger partial charge on any atom is 0.275 e. The van der Waals surface area contributed by atoms with E-state index in [1.165, 1.54) is 6.92 Å². The molecular weight excluding hydrogens is 322 g/mol. The zero-order valence-corrected chi connectivity index (χ0v) is 17.3. The molecule has 0 rings (SSSR count). The number of amides is 1. The molecule has 0 bridgehead atoms. The van der Waals surface area contributed by atoms with Gasteiger partial charge in [0, 0.05) is 25.4 Å². The van der Waals surface area contributed by atoms with Gasteiger partial charge in [-0.3, -0.25) is 9.59 Å². The number of hydrogen-bond acceptors (Lipinski definition) is 5. The molecule has 0 fully saturated rings. The smallest absolute Gasteiger partial charge is 0.275 e. The van der Waals surface area contributed by atoms with Crippen LogP contribution in [0.4, 0.5) is 0 Å². The van der Waals surface area contributed by atoms with Gasteiger partial charge in [0.1, 0.15) is 6.54 Å². The first-order valence-electron chi connectivity index (χ1n) is 8.83. The molecule has 0 heterocycles. The van der Waals surface area contributed by atoms with Crippen LogP contribution in [-0.4, -0.2) is 82.5 Å². The Hall–Kier alpha value is -1.02. The Bertz CT molecular complexity index is 433. The Balaban J connectivity index is 4.37. The van der Waals surface area contributed by atoms with E-state index < -0.39 is 5.79 Å². The summed E-state index contributed by atoms with van der Waals surface area (Å²) < 4.78 is 12.2. The number of likely N-dealkylation sites (N-methyl/N-ethyl adjacent to an activating group) is 2. The number of ketones is 1. The second-order valence-corrected chi connectivity index (χ2v) is 8.30. The van der Waals surface area contributed by atoms with Crippen LogP contribution >= 0.6 is 0 Å². The van der Waals surface area contributed by atoms with E-state index in [0.29, 0.717) is 30.8 Å². The van der Waals surface area contributed by atoms with Crippen LogP contribution in [-0.2, 0) is 19.1 Å². The highest BCUT2D eigenvalue weighted by Crippen LogP contribution is 2.34. The van der Waals surface area contributed by atoms with Gasteiger partial charge in [-0.05, 0) is 14.0 Å². The summed E-state index contributed by atoms with van der Waals surface area (Å²) >= 11 is 0. The number of nitrogens with zero attached hydrogens (tertiary/aromatic N) is 1. The van der Waals surface area contributed by atoms with Crippen LogP contribution < -0.4 is 10.6 Å². The van der Waals surface area contributed by atoms with E-state index in [0.717, 1.165) is 6.54 Å². The molecule has 148 valence electrons. The van der Waals surface area contributed by atoms with E-state index in [9.17, 15) is 9.59 Å². The second kappa shape index (κ2) is 10.2. The van der Waals surface area contributed by atoms with Crippen LogP contribution in [0, 0.1) is 5.41 Å². The number of rotatable bonds is 12. The molecule has 7 heteroatoms. The van der Waals surface area contributed by atoms with Crippen molar-refractivity contribution < 1.29 is 23.5 Å². The zero-order chi connectivity index (χ0) is 19.7. The van der Waals surface area contributed by atoms with E-state index in [1.54, 1.807) is 0 Å². The van der Waals surface area contributed by atoms with Crippen molar-refractivity contribution in [3.05, 3.63) is 0 Å². The summed E-state index contributed by atoms with van der Waals surface area (Å²) in [6, 6.07) is 0. The van der Waals surface area contributed by atoms with Crippen LogP contribution in [0.25, 0.3) is 0 Å². The Morgan fingerprint density at radius 2 is 1.48 bits per heavy atom. The number of carbonyl (C=O) groups excluding carboxylic acids is 2. The lowest BCUT2D eigenvalue weighted by Crippen LogP contribution is -2.51. The number of nitrogens with one attached hydrogen (secondary N) is 2. The summed E-state index contributed by atoms with van der Waals surface area (Å²) in [5.41, 5.74) is -0.203. The van der Waals surface area contributed by atoms with Crippen molar-refractivity contribution in [2.45, 2.75) is 40.4 Å². The van der Waals surface area contributed by atoms with Crippen LogP contribution in [0.2, 0.25) is 0 Å². The molecule has 7 nitrogen and oxygen atoms in total. The first-order chi connectivity index (χ1) is 11.3. The molecule has 1 unspecified atom stereocenters. The monoisotopic (exact) mass is 360 g/mol. The van der Waals surface area contributed by atoms with E-state index in [-0.39, 0.29) is 23.7 Å². The van der Waals surface area contributed by atoms with Gasteiger partial charge in [0.2, 0.25) is 0 Å². The van der Waals surface area contributed by atoms with Crippen molar-refractivity contribution in [3.8, 4) is 0 Å². The third kappa shape index (κ3) is 9.89. The molecule has 0 aromatic heterocycles. The van der Waals surface area contributed by atoms with Crippen LogP contribution in [0.3, 0.4) is 0 Å². The molecule has 1 amide bonds. The highest BCUT2D eigenvalue weighted by molar-refractivity contribution is 5.79. The summed E-state index contributed by atoms with van der Waals surface area (Å²) in [6.07, 6.45) is 0. The molecule has 0 aromatic rings. The van der Waals surface area contributed by atoms with Crippen molar-refractivity contribution in [2.75, 3.05) is 60.5 Å². The molecule has 0 aliphatic carbocycles. The fourth-order valence-electron chi connectivity index (χ4n) is 2.36. The quantitative estimate of drug-likeness (QED) is 0.306. The summed E-state index contributed by atoms with van der Waals surface area (Å²) in [5, 5.41) is 5.89. The van der Waals surface area contributed by atoms with Gasteiger partial charge in [-0.2, -0.15) is 0 Å². The highest BCUT2D eigenvalue weighted by Gasteiger charge is 2.39. The Kier molecular flexibility index (Phi) is 9.79. The van der Waals surface area contributed by atoms with E-state index in [1.807, 2.05) is 28.1 Å². The third-order valence-corrected chi connectivity index (χ3v) is 4.12. The first-order valence-corrected chi connectivity index (χ1v) is 8.83. The SMILES string of the molecule is CNCCOC(C)(OCCNC(=O)C[N+](C)(C)CC(C)=O)C(C)(C)C. The highest BCUT2D eigenvalue weighted by atomic mass is 16.7. The lowest BCUT2D eigenvalue weighted by atomic mass is 9.86. The largest absolute Gasteiger partial charge is 0.349 e. The van der Waals surface area contributed by atoms with Gasteiger partial charge in [-0.25, -0.2) is 0 Å². The van der Waals surface area contributed by atoms with Crippen LogP contribution in [0.5, 0.6) is 0 Å². The molecule has 0 aromatic carbocycles. The fraction of sp³-hybridized carbons (Fsp3) is 0.889. The lowest BCUT2D eigenvalue weighted by molar-refractivity contribution is -0.874. The standard InChI is InChI=1S/C18H37N3O4/c1-15(22)13-21(7,8)14-16(23)20-10-12-25-18(5,17(2,3)4)24-11-9-19-6/h19H,9-14H2,1-8H3/p+1. The van der Waals surface area contributed by atoms with Gasteiger partial charge in [0.15, 0.2) is 18.1 Å². The number of ether oxygens (including phenoxy) is 2. The summed E-state index contributed by atoms with van der Waals surface area (Å²) in [6.45, 7) is 12.3.